The van der Waals surface area contributed by atoms with Gasteiger partial charge in [0, 0.05) is 43.3 Å². The fourth-order valence-electron chi connectivity index (χ4n) is 6.44. The third kappa shape index (κ3) is 4.78. The standard InChI is InChI=1S/C29H38N2O4/c1-21-23(12-16-35-21)9-10-27(32)30-25-11-13-29(34-3)20-31(19-22-7-8-22)15-14-28(29,18-25)24-5-4-6-26(17-24)33-2/h4-6,9-10,12,16-17,22,25H,7-8,11,13-15,18-20H2,1-3H3,(H,30,32)/t25-,28+,29+/m1/s1. The number of methoxy groups -OCH3 is 2. The van der Waals surface area contributed by atoms with E-state index in [4.69, 9.17) is 13.9 Å². The number of hydrogen-bond acceptors (Lipinski definition) is 5. The van der Waals surface area contributed by atoms with Gasteiger partial charge in [0.05, 0.1) is 19.0 Å². The Morgan fingerprint density at radius 1 is 1.23 bits per heavy atom. The van der Waals surface area contributed by atoms with Gasteiger partial charge >= 0.3 is 0 Å². The highest BCUT2D eigenvalue weighted by Gasteiger charge is 2.59. The maximum atomic E-state index is 12.9. The summed E-state index contributed by atoms with van der Waals surface area (Å²) in [5.74, 6) is 2.47. The van der Waals surface area contributed by atoms with Crippen LogP contribution in [0.25, 0.3) is 6.08 Å². The summed E-state index contributed by atoms with van der Waals surface area (Å²) in [6.45, 7) is 5.07. The van der Waals surface area contributed by atoms with Gasteiger partial charge in [-0.25, -0.2) is 0 Å². The molecule has 3 fully saturated rings. The van der Waals surface area contributed by atoms with Crippen molar-refractivity contribution in [1.29, 1.82) is 0 Å². The van der Waals surface area contributed by atoms with E-state index in [1.165, 1.54) is 24.9 Å². The number of benzene rings is 1. The van der Waals surface area contributed by atoms with Crippen molar-refractivity contribution in [3.8, 4) is 5.75 Å². The molecule has 1 aromatic carbocycles. The molecular weight excluding hydrogens is 440 g/mol. The molecule has 6 nitrogen and oxygen atoms in total. The first kappa shape index (κ1) is 24.1. The summed E-state index contributed by atoms with van der Waals surface area (Å²) in [6.07, 6.45) is 11.5. The van der Waals surface area contributed by atoms with E-state index in [2.05, 4.69) is 28.4 Å². The van der Waals surface area contributed by atoms with E-state index < -0.39 is 0 Å². The number of likely N-dealkylation sites (tertiary alicyclic amines) is 1. The highest BCUT2D eigenvalue weighted by atomic mass is 16.5. The number of nitrogens with zero attached hydrogens (tertiary/aromatic N) is 1. The first-order chi connectivity index (χ1) is 17.0. The number of furan rings is 1. The predicted molar refractivity (Wildman–Crippen MR) is 136 cm³/mol. The zero-order valence-corrected chi connectivity index (χ0v) is 21.2. The van der Waals surface area contributed by atoms with Gasteiger partial charge < -0.3 is 24.1 Å². The predicted octanol–water partition coefficient (Wildman–Crippen LogP) is 4.72. The Morgan fingerprint density at radius 3 is 2.80 bits per heavy atom. The van der Waals surface area contributed by atoms with E-state index in [-0.39, 0.29) is 23.0 Å². The molecule has 0 unspecified atom stereocenters. The number of carbonyl (C=O) groups excluding carboxylic acids is 1. The number of nitrogens with one attached hydrogen (secondary N) is 1. The van der Waals surface area contributed by atoms with Crippen LogP contribution >= 0.6 is 0 Å². The van der Waals surface area contributed by atoms with E-state index in [1.54, 1.807) is 19.4 Å². The number of aryl methyl sites for hydroxylation is 1. The van der Waals surface area contributed by atoms with E-state index in [0.29, 0.717) is 0 Å². The summed E-state index contributed by atoms with van der Waals surface area (Å²) in [6, 6.07) is 10.4. The molecule has 3 atom stereocenters. The van der Waals surface area contributed by atoms with Crippen LogP contribution in [-0.4, -0.2) is 56.3 Å². The molecule has 1 amide bonds. The van der Waals surface area contributed by atoms with E-state index in [9.17, 15) is 4.79 Å². The fourth-order valence-corrected chi connectivity index (χ4v) is 6.44. The van der Waals surface area contributed by atoms with Crippen molar-refractivity contribution in [2.75, 3.05) is 33.9 Å². The van der Waals surface area contributed by atoms with Gasteiger partial charge in [-0.1, -0.05) is 12.1 Å². The largest absolute Gasteiger partial charge is 0.497 e. The zero-order valence-electron chi connectivity index (χ0n) is 21.2. The summed E-state index contributed by atoms with van der Waals surface area (Å²) in [4.78, 5) is 15.5. The molecule has 0 spiro atoms. The SMILES string of the molecule is COc1cccc([C@@]23CCN(CC4CC4)C[C@@]2(OC)CC[C@@H](NC(=O)C=Cc2ccoc2C)C3)c1. The molecule has 2 saturated carbocycles. The lowest BCUT2D eigenvalue weighted by Gasteiger charge is -2.60. The quantitative estimate of drug-likeness (QED) is 0.557. The molecule has 5 rings (SSSR count). The van der Waals surface area contributed by atoms with Crippen LogP contribution in [-0.2, 0) is 14.9 Å². The Morgan fingerprint density at radius 2 is 2.09 bits per heavy atom. The number of piperidine rings is 1. The van der Waals surface area contributed by atoms with Crippen LogP contribution in [0.15, 0.2) is 47.1 Å². The van der Waals surface area contributed by atoms with Crippen LogP contribution in [0, 0.1) is 12.8 Å². The molecule has 0 bridgehead atoms. The lowest BCUT2D eigenvalue weighted by molar-refractivity contribution is -0.150. The maximum absolute atomic E-state index is 12.9. The van der Waals surface area contributed by atoms with E-state index in [1.807, 2.05) is 32.2 Å². The Bertz CT molecular complexity index is 1070. The minimum Gasteiger partial charge on any atom is -0.497 e. The molecule has 1 aliphatic heterocycles. The third-order valence-corrected chi connectivity index (χ3v) is 8.58. The summed E-state index contributed by atoms with van der Waals surface area (Å²) < 4.78 is 17.4. The average Bonchev–Trinajstić information content (AvgIpc) is 3.60. The summed E-state index contributed by atoms with van der Waals surface area (Å²) in [7, 11) is 3.60. The molecule has 0 radical (unpaired) electrons. The monoisotopic (exact) mass is 478 g/mol. The van der Waals surface area contributed by atoms with Crippen molar-refractivity contribution in [3.63, 3.8) is 0 Å². The molecule has 2 heterocycles. The average molecular weight is 479 g/mol. The van der Waals surface area contributed by atoms with Crippen molar-refractivity contribution < 1.29 is 18.7 Å². The van der Waals surface area contributed by atoms with Gasteiger partial charge in [-0.05, 0) is 87.7 Å². The summed E-state index contributed by atoms with van der Waals surface area (Å²) in [5.41, 5.74) is 1.72. The highest BCUT2D eigenvalue weighted by molar-refractivity contribution is 5.92. The number of rotatable bonds is 8. The highest BCUT2D eigenvalue weighted by Crippen LogP contribution is 2.54. The maximum Gasteiger partial charge on any atom is 0.244 e. The molecule has 2 aliphatic carbocycles. The molecule has 2 aromatic rings. The second-order valence-corrected chi connectivity index (χ2v) is 10.7. The van der Waals surface area contributed by atoms with Gasteiger partial charge in [0.25, 0.3) is 0 Å². The number of amides is 1. The minimum atomic E-state index is -0.280. The first-order valence-corrected chi connectivity index (χ1v) is 12.9. The molecule has 1 aromatic heterocycles. The topological polar surface area (TPSA) is 63.9 Å². The van der Waals surface area contributed by atoms with Crippen molar-refractivity contribution in [3.05, 3.63) is 59.6 Å². The number of carbonyl (C=O) groups is 1. The molecule has 188 valence electrons. The minimum absolute atomic E-state index is 0.0625. The Labute approximate surface area is 208 Å². The molecule has 1 saturated heterocycles. The van der Waals surface area contributed by atoms with Gasteiger partial charge in [-0.3, -0.25) is 4.79 Å². The third-order valence-electron chi connectivity index (χ3n) is 8.58. The van der Waals surface area contributed by atoms with Crippen molar-refractivity contribution >= 4 is 12.0 Å². The van der Waals surface area contributed by atoms with Crippen LogP contribution in [0.2, 0.25) is 0 Å². The second kappa shape index (κ2) is 9.82. The Hall–Kier alpha value is -2.57. The van der Waals surface area contributed by atoms with Crippen LogP contribution in [0.5, 0.6) is 5.75 Å². The fraction of sp³-hybridized carbons (Fsp3) is 0.552. The van der Waals surface area contributed by atoms with Crippen molar-refractivity contribution in [2.24, 2.45) is 5.92 Å². The van der Waals surface area contributed by atoms with Crippen LogP contribution < -0.4 is 10.1 Å². The molecular formula is C29H38N2O4. The Kier molecular flexibility index (Phi) is 6.78. The van der Waals surface area contributed by atoms with Crippen LogP contribution in [0.4, 0.5) is 0 Å². The molecule has 3 aliphatic rings. The zero-order chi connectivity index (χ0) is 24.5. The molecule has 35 heavy (non-hydrogen) atoms. The first-order valence-electron chi connectivity index (χ1n) is 12.9. The number of ether oxygens (including phenoxy) is 2. The molecule has 6 heteroatoms. The lowest BCUT2D eigenvalue weighted by Crippen LogP contribution is -2.68. The Balaban J connectivity index is 1.40. The normalized spacial score (nSPS) is 29.2. The van der Waals surface area contributed by atoms with E-state index >= 15 is 0 Å². The van der Waals surface area contributed by atoms with Gasteiger partial charge in [-0.2, -0.15) is 0 Å². The summed E-state index contributed by atoms with van der Waals surface area (Å²) >= 11 is 0. The molecule has 1 N–H and O–H groups in total. The van der Waals surface area contributed by atoms with Crippen LogP contribution in [0.3, 0.4) is 0 Å². The van der Waals surface area contributed by atoms with Gasteiger partial charge in [0.2, 0.25) is 5.91 Å². The van der Waals surface area contributed by atoms with Gasteiger partial charge in [0.1, 0.15) is 11.5 Å². The van der Waals surface area contributed by atoms with Crippen molar-refractivity contribution in [1.82, 2.24) is 10.2 Å². The van der Waals surface area contributed by atoms with Crippen molar-refractivity contribution in [2.45, 2.75) is 62.5 Å². The summed E-state index contributed by atoms with van der Waals surface area (Å²) in [5, 5.41) is 3.29. The smallest absolute Gasteiger partial charge is 0.244 e. The number of hydrogen-bond donors (Lipinski definition) is 1. The number of fused-ring (bicyclic) bond motifs is 1. The second-order valence-electron chi connectivity index (χ2n) is 10.7. The van der Waals surface area contributed by atoms with Gasteiger partial charge in [-0.15, -0.1) is 0 Å². The lowest BCUT2D eigenvalue weighted by atomic mass is 9.55. The van der Waals surface area contributed by atoms with E-state index in [0.717, 1.165) is 61.8 Å². The van der Waals surface area contributed by atoms with Gasteiger partial charge in [0.15, 0.2) is 0 Å². The van der Waals surface area contributed by atoms with Crippen LogP contribution in [0.1, 0.15) is 55.4 Å².